The number of carbonyl (C=O) groups excluding carboxylic acids is 3. The van der Waals surface area contributed by atoms with Gasteiger partial charge in [0.05, 0.1) is 72.0 Å². The highest BCUT2D eigenvalue weighted by Gasteiger charge is 2.41. The van der Waals surface area contributed by atoms with Crippen LogP contribution in [0.25, 0.3) is 0 Å². The average molecular weight is 661 g/mol. The number of nitrogens with zero attached hydrogens (tertiary/aromatic N) is 2. The summed E-state index contributed by atoms with van der Waals surface area (Å²) in [6.07, 6.45) is 2.74. The third-order valence-corrected chi connectivity index (χ3v) is 7.38. The van der Waals surface area contributed by atoms with Gasteiger partial charge < -0.3 is 50.3 Å². The molecule has 47 heavy (non-hydrogen) atoms. The maximum atomic E-state index is 13.3. The number of hydrogen-bond donors (Lipinski definition) is 4. The Hall–Kier alpha value is -3.42. The zero-order chi connectivity index (χ0) is 34.1. The second-order valence-corrected chi connectivity index (χ2v) is 11.0. The largest absolute Gasteiger partial charge is 0.377 e. The Morgan fingerprint density at radius 2 is 1.55 bits per heavy atom. The lowest BCUT2D eigenvalue weighted by molar-refractivity contribution is -0.127. The van der Waals surface area contributed by atoms with Gasteiger partial charge in [-0.25, -0.2) is 0 Å². The molecule has 1 fully saturated rings. The lowest BCUT2D eigenvalue weighted by Gasteiger charge is -2.18. The molecule has 0 bridgehead atoms. The van der Waals surface area contributed by atoms with Crippen molar-refractivity contribution in [1.82, 2.24) is 20.9 Å². The molecule has 0 radical (unpaired) electrons. The van der Waals surface area contributed by atoms with Gasteiger partial charge in [0.1, 0.15) is 11.6 Å². The molecule has 1 heterocycles. The molecule has 1 aliphatic rings. The Morgan fingerprint density at radius 3 is 2.11 bits per heavy atom. The number of likely N-dealkylation sites (tertiary alicyclic amines) is 1. The van der Waals surface area contributed by atoms with Gasteiger partial charge in [0, 0.05) is 38.1 Å². The molecular weight excluding hydrogens is 608 g/mol. The van der Waals surface area contributed by atoms with Crippen LogP contribution in [0.1, 0.15) is 23.5 Å². The van der Waals surface area contributed by atoms with Crippen molar-refractivity contribution < 1.29 is 38.1 Å². The quantitative estimate of drug-likeness (QED) is 0.0449. The van der Waals surface area contributed by atoms with E-state index >= 15 is 0 Å². The minimum atomic E-state index is -0.475. The number of amides is 3. The lowest BCUT2D eigenvalue weighted by Crippen LogP contribution is -2.37. The molecule has 262 valence electrons. The number of ether oxygens (including phenoxy) is 5. The van der Waals surface area contributed by atoms with Crippen LogP contribution in [-0.2, 0) is 38.1 Å². The number of benzene rings is 1. The molecule has 3 atom stereocenters. The van der Waals surface area contributed by atoms with Crippen molar-refractivity contribution in [3.05, 3.63) is 47.0 Å². The smallest absolute Gasteiger partial charge is 0.264 e. The van der Waals surface area contributed by atoms with E-state index in [9.17, 15) is 19.6 Å². The highest BCUT2D eigenvalue weighted by Crippen LogP contribution is 2.34. The van der Waals surface area contributed by atoms with Gasteiger partial charge in [0.25, 0.3) is 5.91 Å². The molecule has 1 aromatic carbocycles. The van der Waals surface area contributed by atoms with Crippen molar-refractivity contribution in [2.75, 3.05) is 106 Å². The van der Waals surface area contributed by atoms with Crippen LogP contribution in [0.5, 0.6) is 0 Å². The fraction of sp³-hybridized carbons (Fsp3) is 0.636. The molecular formula is C33H52N6O8. The van der Waals surface area contributed by atoms with Crippen molar-refractivity contribution in [3.63, 3.8) is 0 Å². The van der Waals surface area contributed by atoms with E-state index in [1.807, 2.05) is 44.3 Å². The summed E-state index contributed by atoms with van der Waals surface area (Å²) in [6.45, 7) is 8.19. The van der Waals surface area contributed by atoms with Gasteiger partial charge >= 0.3 is 0 Å². The topological polar surface area (TPSA) is 186 Å². The number of nitrogens with one attached hydrogen (secondary N) is 3. The van der Waals surface area contributed by atoms with Crippen LogP contribution in [0.4, 0.5) is 0 Å². The van der Waals surface area contributed by atoms with Crippen molar-refractivity contribution in [1.29, 1.82) is 5.26 Å². The van der Waals surface area contributed by atoms with Crippen LogP contribution in [0.2, 0.25) is 0 Å². The molecule has 0 aliphatic carbocycles. The van der Waals surface area contributed by atoms with Crippen LogP contribution in [0, 0.1) is 24.2 Å². The van der Waals surface area contributed by atoms with Crippen molar-refractivity contribution in [2.24, 2.45) is 11.7 Å². The summed E-state index contributed by atoms with van der Waals surface area (Å²) < 4.78 is 27.2. The number of carbonyl (C=O) groups is 3. The standard InChI is InChI=1S/C33H52N6O8/c1-26-4-3-5-27(20-26)30-23-39(33(42)28(22-34)21-29(35)6-7-36-2)24-31(30)32(41)38-9-11-44-13-15-46-17-19-47-18-16-45-14-12-43-10-8-37-25-40/h3-5,20-21,25,29-31,36H,6-19,23-24,35H2,1-2H3,(H,37,40)(H,38,41)/b28-21+/t29?,30-,31+/m0/s1. The van der Waals surface area contributed by atoms with E-state index < -0.39 is 17.9 Å². The van der Waals surface area contributed by atoms with Gasteiger partial charge in [-0.15, -0.1) is 0 Å². The van der Waals surface area contributed by atoms with E-state index in [0.29, 0.717) is 105 Å². The number of aryl methyl sites for hydroxylation is 1. The van der Waals surface area contributed by atoms with Crippen LogP contribution >= 0.6 is 0 Å². The maximum absolute atomic E-state index is 13.3. The Balaban J connectivity index is 1.67. The van der Waals surface area contributed by atoms with Crippen LogP contribution < -0.4 is 21.7 Å². The van der Waals surface area contributed by atoms with E-state index in [-0.39, 0.29) is 23.9 Å². The van der Waals surface area contributed by atoms with Crippen LogP contribution in [0.15, 0.2) is 35.9 Å². The lowest BCUT2D eigenvalue weighted by atomic mass is 9.87. The second kappa shape index (κ2) is 24.7. The number of nitrogens with two attached hydrogens (primary N) is 1. The summed E-state index contributed by atoms with van der Waals surface area (Å²) in [4.78, 5) is 38.3. The zero-order valence-electron chi connectivity index (χ0n) is 27.7. The molecule has 0 spiro atoms. The Kier molecular flexibility index (Phi) is 20.9. The normalized spacial score (nSPS) is 16.9. The van der Waals surface area contributed by atoms with E-state index in [4.69, 9.17) is 29.4 Å². The summed E-state index contributed by atoms with van der Waals surface area (Å²) in [5, 5.41) is 18.2. The van der Waals surface area contributed by atoms with Gasteiger partial charge in [0.2, 0.25) is 12.3 Å². The molecule has 1 unspecified atom stereocenters. The second-order valence-electron chi connectivity index (χ2n) is 11.0. The molecule has 0 saturated carbocycles. The summed E-state index contributed by atoms with van der Waals surface area (Å²) in [7, 11) is 1.81. The first-order valence-corrected chi connectivity index (χ1v) is 16.1. The average Bonchev–Trinajstić information content (AvgIpc) is 3.53. The fourth-order valence-corrected chi connectivity index (χ4v) is 4.96. The highest BCUT2D eigenvalue weighted by atomic mass is 16.6. The van der Waals surface area contributed by atoms with Crippen molar-refractivity contribution in [3.8, 4) is 6.07 Å². The van der Waals surface area contributed by atoms with Gasteiger partial charge in [-0.1, -0.05) is 29.8 Å². The number of nitriles is 1. The minimum Gasteiger partial charge on any atom is -0.377 e. The zero-order valence-corrected chi connectivity index (χ0v) is 27.7. The first kappa shape index (κ1) is 39.8. The molecule has 14 heteroatoms. The first-order chi connectivity index (χ1) is 22.9. The first-order valence-electron chi connectivity index (χ1n) is 16.1. The molecule has 3 amide bonds. The highest BCUT2D eigenvalue weighted by molar-refractivity contribution is 5.98. The molecule has 0 aromatic heterocycles. The summed E-state index contributed by atoms with van der Waals surface area (Å²) >= 11 is 0. The third-order valence-electron chi connectivity index (χ3n) is 7.38. The van der Waals surface area contributed by atoms with E-state index in [0.717, 1.165) is 11.1 Å². The Morgan fingerprint density at radius 1 is 0.957 bits per heavy atom. The summed E-state index contributed by atoms with van der Waals surface area (Å²) in [6, 6.07) is 9.51. The fourth-order valence-electron chi connectivity index (χ4n) is 4.96. The molecule has 1 saturated heterocycles. The van der Waals surface area contributed by atoms with Crippen LogP contribution in [-0.4, -0.2) is 135 Å². The SMILES string of the molecule is CNCCC(N)/C=C(\C#N)C(=O)N1C[C@@H](C(=O)NCCOCCOCCOCCOCCOCCNC=O)[C@H](c2cccc(C)c2)C1. The minimum absolute atomic E-state index is 0.00624. The molecule has 2 rings (SSSR count). The summed E-state index contributed by atoms with van der Waals surface area (Å²) in [5.74, 6) is -1.26. The van der Waals surface area contributed by atoms with Crippen molar-refractivity contribution in [2.45, 2.75) is 25.3 Å². The monoisotopic (exact) mass is 660 g/mol. The number of hydrogen-bond acceptors (Lipinski definition) is 11. The predicted molar refractivity (Wildman–Crippen MR) is 175 cm³/mol. The van der Waals surface area contributed by atoms with Gasteiger partial charge in [-0.05, 0) is 38.6 Å². The Bertz CT molecular complexity index is 1130. The van der Waals surface area contributed by atoms with Gasteiger partial charge in [0.15, 0.2) is 0 Å². The van der Waals surface area contributed by atoms with E-state index in [2.05, 4.69) is 16.0 Å². The molecule has 5 N–H and O–H groups in total. The third kappa shape index (κ3) is 16.3. The maximum Gasteiger partial charge on any atom is 0.264 e. The van der Waals surface area contributed by atoms with Gasteiger partial charge in [-0.3, -0.25) is 14.4 Å². The summed E-state index contributed by atoms with van der Waals surface area (Å²) in [5.41, 5.74) is 8.14. The van der Waals surface area contributed by atoms with Crippen LogP contribution in [0.3, 0.4) is 0 Å². The van der Waals surface area contributed by atoms with Gasteiger partial charge in [-0.2, -0.15) is 5.26 Å². The number of rotatable bonds is 26. The molecule has 1 aromatic rings. The predicted octanol–water partition coefficient (Wildman–Crippen LogP) is -0.131. The Labute approximate surface area is 278 Å². The van der Waals surface area contributed by atoms with Crippen molar-refractivity contribution >= 4 is 18.2 Å². The van der Waals surface area contributed by atoms with E-state index in [1.54, 1.807) is 4.90 Å². The van der Waals surface area contributed by atoms with E-state index in [1.165, 1.54) is 6.08 Å². The molecule has 14 nitrogen and oxygen atoms in total. The molecule has 1 aliphatic heterocycles.